The lowest BCUT2D eigenvalue weighted by Gasteiger charge is -2.20. The molecule has 0 aliphatic carbocycles. The number of anilines is 1. The molecule has 108 valence electrons. The van der Waals surface area contributed by atoms with E-state index in [1.54, 1.807) is 24.3 Å². The van der Waals surface area contributed by atoms with E-state index in [2.05, 4.69) is 15.5 Å². The largest absolute Gasteiger partial charge is 0.379 e. The molecule has 5 nitrogen and oxygen atoms in total. The Hall–Kier alpha value is -2.21. The number of thiophene rings is 1. The highest BCUT2D eigenvalue weighted by atomic mass is 32.1. The Bertz CT molecular complexity index is 697. The smallest absolute Gasteiger partial charge is 0.272 e. The van der Waals surface area contributed by atoms with E-state index in [1.165, 1.54) is 0 Å². The molecule has 1 aliphatic rings. The van der Waals surface area contributed by atoms with Crippen LogP contribution in [0.3, 0.4) is 0 Å². The quantitative estimate of drug-likeness (QED) is 0.948. The third kappa shape index (κ3) is 2.80. The van der Waals surface area contributed by atoms with E-state index < -0.39 is 5.60 Å². The second kappa shape index (κ2) is 5.29. The maximum atomic E-state index is 12.4. The fourth-order valence-electron chi connectivity index (χ4n) is 2.10. The molecule has 6 heteroatoms. The van der Waals surface area contributed by atoms with Crippen molar-refractivity contribution < 1.29 is 9.63 Å². The van der Waals surface area contributed by atoms with E-state index in [0.29, 0.717) is 12.2 Å². The van der Waals surface area contributed by atoms with Crippen molar-refractivity contribution in [1.29, 1.82) is 0 Å². The molecule has 0 unspecified atom stereocenters. The van der Waals surface area contributed by atoms with Gasteiger partial charge >= 0.3 is 0 Å². The molecule has 0 saturated heterocycles. The monoisotopic (exact) mass is 301 g/mol. The molecule has 0 radical (unpaired) electrons. The minimum atomic E-state index is -0.995. The fourth-order valence-corrected chi connectivity index (χ4v) is 2.80. The molecular weight excluding hydrogens is 286 g/mol. The number of pyridine rings is 1. The molecular formula is C15H15N3O2S. The van der Waals surface area contributed by atoms with Crippen molar-refractivity contribution in [2.75, 3.05) is 5.32 Å². The highest BCUT2D eigenvalue weighted by molar-refractivity contribution is 7.12. The molecule has 3 rings (SSSR count). The molecule has 1 atom stereocenters. The number of carbonyl (C=O) groups is 1. The molecule has 1 N–H and O–H groups in total. The third-order valence-corrected chi connectivity index (χ3v) is 4.20. The van der Waals surface area contributed by atoms with Gasteiger partial charge in [0.25, 0.3) is 5.91 Å². The van der Waals surface area contributed by atoms with Crippen LogP contribution in [0.5, 0.6) is 0 Å². The van der Waals surface area contributed by atoms with Gasteiger partial charge in [0.2, 0.25) is 5.60 Å². The van der Waals surface area contributed by atoms with Crippen LogP contribution in [0.1, 0.15) is 23.9 Å². The van der Waals surface area contributed by atoms with Crippen LogP contribution in [-0.2, 0) is 9.63 Å². The van der Waals surface area contributed by atoms with Crippen LogP contribution >= 0.6 is 11.3 Å². The number of carbonyl (C=O) groups excluding carboxylic acids is 1. The van der Waals surface area contributed by atoms with Crippen LogP contribution in [0.25, 0.3) is 0 Å². The number of hydrogen-bond donors (Lipinski definition) is 1. The van der Waals surface area contributed by atoms with Crippen LogP contribution in [0.4, 0.5) is 5.82 Å². The van der Waals surface area contributed by atoms with Gasteiger partial charge in [-0.25, -0.2) is 4.98 Å². The molecule has 0 bridgehead atoms. The number of nitrogens with one attached hydrogen (secondary N) is 1. The van der Waals surface area contributed by atoms with Crippen molar-refractivity contribution >= 4 is 28.8 Å². The zero-order valence-electron chi connectivity index (χ0n) is 11.8. The predicted molar refractivity (Wildman–Crippen MR) is 82.6 cm³/mol. The maximum Gasteiger partial charge on any atom is 0.272 e. The Morgan fingerprint density at radius 1 is 1.38 bits per heavy atom. The molecule has 0 fully saturated rings. The van der Waals surface area contributed by atoms with E-state index in [0.717, 1.165) is 16.3 Å². The predicted octanol–water partition coefficient (Wildman–Crippen LogP) is 2.97. The number of amides is 1. The molecule has 0 saturated carbocycles. The summed E-state index contributed by atoms with van der Waals surface area (Å²) < 4.78 is 0. The number of oxime groups is 1. The Morgan fingerprint density at radius 2 is 2.24 bits per heavy atom. The van der Waals surface area contributed by atoms with E-state index in [1.807, 2.05) is 36.6 Å². The van der Waals surface area contributed by atoms with Crippen LogP contribution in [-0.4, -0.2) is 22.2 Å². The van der Waals surface area contributed by atoms with Crippen LogP contribution in [0.15, 0.2) is 40.9 Å². The van der Waals surface area contributed by atoms with Gasteiger partial charge < -0.3 is 10.2 Å². The van der Waals surface area contributed by atoms with Crippen molar-refractivity contribution in [2.45, 2.75) is 25.9 Å². The zero-order valence-corrected chi connectivity index (χ0v) is 12.6. The highest BCUT2D eigenvalue weighted by Crippen LogP contribution is 2.29. The number of hydrogen-bond acceptors (Lipinski definition) is 5. The fraction of sp³-hybridized carbons (Fsp3) is 0.267. The maximum absolute atomic E-state index is 12.4. The van der Waals surface area contributed by atoms with Gasteiger partial charge in [0, 0.05) is 12.1 Å². The van der Waals surface area contributed by atoms with Gasteiger partial charge in [-0.15, -0.1) is 11.3 Å². The highest BCUT2D eigenvalue weighted by Gasteiger charge is 2.42. The summed E-state index contributed by atoms with van der Waals surface area (Å²) in [6.45, 7) is 3.61. The number of aryl methyl sites for hydroxylation is 1. The van der Waals surface area contributed by atoms with Crippen LogP contribution in [0, 0.1) is 6.92 Å². The summed E-state index contributed by atoms with van der Waals surface area (Å²) in [5.74, 6) is 0.283. The van der Waals surface area contributed by atoms with E-state index in [-0.39, 0.29) is 5.91 Å². The molecule has 0 spiro atoms. The minimum absolute atomic E-state index is 0.240. The van der Waals surface area contributed by atoms with Crippen LogP contribution in [0.2, 0.25) is 0 Å². The summed E-state index contributed by atoms with van der Waals surface area (Å²) >= 11 is 1.58. The topological polar surface area (TPSA) is 63.6 Å². The van der Waals surface area contributed by atoms with Gasteiger partial charge in [-0.3, -0.25) is 4.79 Å². The summed E-state index contributed by atoms with van der Waals surface area (Å²) in [4.78, 5) is 23.1. The zero-order chi connectivity index (χ0) is 14.9. The van der Waals surface area contributed by atoms with E-state index >= 15 is 0 Å². The molecule has 3 heterocycles. The average Bonchev–Trinajstić information content (AvgIpc) is 3.08. The second-order valence-electron chi connectivity index (χ2n) is 5.13. The van der Waals surface area contributed by atoms with E-state index in [9.17, 15) is 4.79 Å². The first-order chi connectivity index (χ1) is 10.1. The third-order valence-electron chi connectivity index (χ3n) is 3.28. The minimum Gasteiger partial charge on any atom is -0.379 e. The first-order valence-electron chi connectivity index (χ1n) is 6.61. The molecule has 1 aliphatic heterocycles. The van der Waals surface area contributed by atoms with Gasteiger partial charge in [-0.1, -0.05) is 17.3 Å². The Labute approximate surface area is 126 Å². The summed E-state index contributed by atoms with van der Waals surface area (Å²) in [6, 6.07) is 9.41. The van der Waals surface area contributed by atoms with Gasteiger partial charge in [0.1, 0.15) is 11.5 Å². The number of rotatable bonds is 3. The second-order valence-corrected chi connectivity index (χ2v) is 6.08. The standard InChI is InChI=1S/C15H15N3O2S/c1-10-5-3-7-13(16-10)17-14(19)15(2)9-11(18-20-15)12-6-4-8-21-12/h3-8H,9H2,1-2H3,(H,16,17,19)/t15-/m1/s1. The van der Waals surface area contributed by atoms with Gasteiger partial charge in [0.15, 0.2) is 0 Å². The number of nitrogens with zero attached hydrogens (tertiary/aromatic N) is 2. The summed E-state index contributed by atoms with van der Waals surface area (Å²) in [7, 11) is 0. The first kappa shape index (κ1) is 13.8. The lowest BCUT2D eigenvalue weighted by Crippen LogP contribution is -2.40. The van der Waals surface area contributed by atoms with E-state index in [4.69, 9.17) is 4.84 Å². The molecule has 0 aromatic carbocycles. The average molecular weight is 301 g/mol. The lowest BCUT2D eigenvalue weighted by atomic mass is 9.98. The Kier molecular flexibility index (Phi) is 3.47. The van der Waals surface area contributed by atoms with Gasteiger partial charge in [-0.05, 0) is 37.4 Å². The van der Waals surface area contributed by atoms with Crippen LogP contribution < -0.4 is 5.32 Å². The Balaban J connectivity index is 1.71. The number of aromatic nitrogens is 1. The SMILES string of the molecule is Cc1cccc(NC(=O)[C@@]2(C)CC(c3cccs3)=NO2)n1. The Morgan fingerprint density at radius 3 is 2.95 bits per heavy atom. The first-order valence-corrected chi connectivity index (χ1v) is 7.49. The lowest BCUT2D eigenvalue weighted by molar-refractivity contribution is -0.135. The van der Waals surface area contributed by atoms with Crippen molar-refractivity contribution in [3.05, 3.63) is 46.3 Å². The summed E-state index contributed by atoms with van der Waals surface area (Å²) in [5, 5.41) is 8.82. The molecule has 1 amide bonds. The van der Waals surface area contributed by atoms with Crippen molar-refractivity contribution in [3.63, 3.8) is 0 Å². The van der Waals surface area contributed by atoms with Crippen molar-refractivity contribution in [2.24, 2.45) is 5.16 Å². The molecule has 2 aromatic heterocycles. The summed E-state index contributed by atoms with van der Waals surface area (Å²) in [6.07, 6.45) is 0.450. The van der Waals surface area contributed by atoms with Gasteiger partial charge in [-0.2, -0.15) is 0 Å². The molecule has 2 aromatic rings. The van der Waals surface area contributed by atoms with Crippen molar-refractivity contribution in [3.8, 4) is 0 Å². The van der Waals surface area contributed by atoms with Crippen molar-refractivity contribution in [1.82, 2.24) is 4.98 Å². The molecule has 21 heavy (non-hydrogen) atoms. The normalized spacial score (nSPS) is 20.8. The van der Waals surface area contributed by atoms with Gasteiger partial charge in [0.05, 0.1) is 4.88 Å². The summed E-state index contributed by atoms with van der Waals surface area (Å²) in [5.41, 5.74) is 0.658.